The van der Waals surface area contributed by atoms with E-state index in [-0.39, 0.29) is 0 Å². The first-order valence-corrected chi connectivity index (χ1v) is 18.6. The van der Waals surface area contributed by atoms with Gasteiger partial charge in [0.25, 0.3) is 0 Å². The van der Waals surface area contributed by atoms with Crippen LogP contribution >= 0.6 is 12.6 Å². The predicted molar refractivity (Wildman–Crippen MR) is 227 cm³/mol. The second kappa shape index (κ2) is 12.4. The number of hydrogen-bond donors (Lipinski definition) is 1. The van der Waals surface area contributed by atoms with E-state index in [4.69, 9.17) is 12.6 Å². The first kappa shape index (κ1) is 31.4. The molecule has 1 heterocycles. The van der Waals surface area contributed by atoms with E-state index >= 15 is 0 Å². The van der Waals surface area contributed by atoms with Gasteiger partial charge in [-0.3, -0.25) is 0 Å². The molecule has 53 heavy (non-hydrogen) atoms. The minimum Gasteiger partial charge on any atom is -0.310 e. The number of benzene rings is 8. The largest absolute Gasteiger partial charge is 0.310 e. The highest BCUT2D eigenvalue weighted by Crippen LogP contribution is 2.52. The Hall–Kier alpha value is -6.29. The molecule has 252 valence electrons. The second-order valence-electron chi connectivity index (χ2n) is 14.1. The predicted octanol–water partition coefficient (Wildman–Crippen LogP) is 13.8. The van der Waals surface area contributed by atoms with Crippen molar-refractivity contribution in [3.63, 3.8) is 0 Å². The molecule has 10 rings (SSSR count). The molecule has 0 aliphatic heterocycles. The summed E-state index contributed by atoms with van der Waals surface area (Å²) in [7, 11) is 0. The Morgan fingerprint density at radius 3 is 1.68 bits per heavy atom. The summed E-state index contributed by atoms with van der Waals surface area (Å²) in [6.45, 7) is 2.21. The first-order chi connectivity index (χ1) is 26.0. The Labute approximate surface area is 315 Å². The van der Waals surface area contributed by atoms with E-state index in [2.05, 4.69) is 211 Å². The van der Waals surface area contributed by atoms with Gasteiger partial charge in [0.05, 0.1) is 15.8 Å². The Morgan fingerprint density at radius 2 is 0.943 bits per heavy atom. The van der Waals surface area contributed by atoms with Gasteiger partial charge in [-0.05, 0) is 118 Å². The van der Waals surface area contributed by atoms with Gasteiger partial charge in [-0.15, -0.1) is 0 Å². The van der Waals surface area contributed by atoms with Crippen molar-refractivity contribution in [2.24, 2.45) is 0 Å². The molecular formula is C50H36N2S. The SMILES string of the molecule is CC1(S)c2ccccc2-c2ccc(N(c3ccc(-c4ccccc4)cc3)c3ccc(-c4ccc5c(c4)c4ccccc4n5-c4ccccc4)cc3)cc21. The average molecular weight is 697 g/mol. The number of nitrogens with zero attached hydrogens (tertiary/aromatic N) is 2. The molecule has 3 heteroatoms. The number of rotatable bonds is 6. The molecular weight excluding hydrogens is 661 g/mol. The van der Waals surface area contributed by atoms with Gasteiger partial charge in [-0.1, -0.05) is 127 Å². The van der Waals surface area contributed by atoms with Crippen LogP contribution in [0.4, 0.5) is 17.1 Å². The Bertz CT molecular complexity index is 2780. The number of fused-ring (bicyclic) bond motifs is 6. The Kier molecular flexibility index (Phi) is 7.38. The third kappa shape index (κ3) is 5.19. The number of hydrogen-bond acceptors (Lipinski definition) is 2. The van der Waals surface area contributed by atoms with Crippen LogP contribution in [0.25, 0.3) is 60.9 Å². The molecule has 1 aliphatic rings. The molecule has 0 bridgehead atoms. The van der Waals surface area contributed by atoms with Gasteiger partial charge in [0.1, 0.15) is 0 Å². The lowest BCUT2D eigenvalue weighted by Gasteiger charge is -2.28. The maximum atomic E-state index is 5.26. The molecule has 0 N–H and O–H groups in total. The Morgan fingerprint density at radius 1 is 0.415 bits per heavy atom. The summed E-state index contributed by atoms with van der Waals surface area (Å²) in [5.41, 5.74) is 16.7. The van der Waals surface area contributed by atoms with Crippen molar-refractivity contribution < 1.29 is 0 Å². The number of aromatic nitrogens is 1. The van der Waals surface area contributed by atoms with E-state index in [1.54, 1.807) is 0 Å². The highest BCUT2D eigenvalue weighted by atomic mass is 32.1. The number of thiol groups is 1. The quantitative estimate of drug-likeness (QED) is 0.170. The van der Waals surface area contributed by atoms with E-state index in [0.717, 1.165) is 17.1 Å². The normalized spacial score (nSPS) is 14.7. The number of anilines is 3. The van der Waals surface area contributed by atoms with Crippen LogP contribution in [0.3, 0.4) is 0 Å². The van der Waals surface area contributed by atoms with E-state index in [1.165, 1.54) is 72.0 Å². The van der Waals surface area contributed by atoms with Crippen LogP contribution in [-0.4, -0.2) is 4.57 Å². The lowest BCUT2D eigenvalue weighted by molar-refractivity contribution is 0.878. The van der Waals surface area contributed by atoms with E-state index < -0.39 is 4.75 Å². The molecule has 0 amide bonds. The van der Waals surface area contributed by atoms with Crippen molar-refractivity contribution in [3.05, 3.63) is 205 Å². The molecule has 0 saturated carbocycles. The van der Waals surface area contributed by atoms with Gasteiger partial charge >= 0.3 is 0 Å². The molecule has 1 unspecified atom stereocenters. The number of para-hydroxylation sites is 2. The third-order valence-corrected chi connectivity index (χ3v) is 11.4. The highest BCUT2D eigenvalue weighted by molar-refractivity contribution is 7.81. The summed E-state index contributed by atoms with van der Waals surface area (Å²) in [5, 5.41) is 2.50. The zero-order chi connectivity index (χ0) is 35.5. The van der Waals surface area contributed by atoms with Crippen molar-refractivity contribution in [1.29, 1.82) is 0 Å². The van der Waals surface area contributed by atoms with Gasteiger partial charge in [-0.2, -0.15) is 12.6 Å². The summed E-state index contributed by atoms with van der Waals surface area (Å²) in [6, 6.07) is 70.2. The molecule has 1 aromatic heterocycles. The van der Waals surface area contributed by atoms with Gasteiger partial charge < -0.3 is 9.47 Å². The highest BCUT2D eigenvalue weighted by Gasteiger charge is 2.36. The fourth-order valence-corrected chi connectivity index (χ4v) is 8.67. The van der Waals surface area contributed by atoms with Crippen LogP contribution < -0.4 is 4.90 Å². The summed E-state index contributed by atoms with van der Waals surface area (Å²) in [6.07, 6.45) is 0. The third-order valence-electron chi connectivity index (χ3n) is 10.9. The summed E-state index contributed by atoms with van der Waals surface area (Å²) < 4.78 is 1.97. The standard InChI is InChI=1S/C50H36N2S/c1-50(53)46-18-10-8-16-42(46)43-30-29-41(33-47(43)50)51(39-25-20-35(21-26-39)34-12-4-2-5-13-34)40-27-22-36(23-28-40)37-24-31-49-45(32-37)44-17-9-11-19-48(44)52(49)38-14-6-3-7-15-38/h2-33,53H,1H3. The van der Waals surface area contributed by atoms with Crippen molar-refractivity contribution in [2.45, 2.75) is 11.7 Å². The minimum atomic E-state index is -0.392. The topological polar surface area (TPSA) is 8.17 Å². The van der Waals surface area contributed by atoms with Crippen LogP contribution in [-0.2, 0) is 4.75 Å². The van der Waals surface area contributed by atoms with Crippen molar-refractivity contribution in [2.75, 3.05) is 4.90 Å². The summed E-state index contributed by atoms with van der Waals surface area (Å²) in [4.78, 5) is 2.36. The fourth-order valence-electron chi connectivity index (χ4n) is 8.29. The molecule has 2 nitrogen and oxygen atoms in total. The van der Waals surface area contributed by atoms with Crippen molar-refractivity contribution >= 4 is 51.5 Å². The van der Waals surface area contributed by atoms with Crippen molar-refractivity contribution in [3.8, 4) is 39.1 Å². The fraction of sp³-hybridized carbons (Fsp3) is 0.0400. The van der Waals surface area contributed by atoms with Crippen LogP contribution in [0.1, 0.15) is 18.1 Å². The second-order valence-corrected chi connectivity index (χ2v) is 15.0. The molecule has 1 atom stereocenters. The average Bonchev–Trinajstić information content (AvgIpc) is 3.67. The summed E-state index contributed by atoms with van der Waals surface area (Å²) in [5.74, 6) is 0. The minimum absolute atomic E-state index is 0.392. The van der Waals surface area contributed by atoms with E-state index in [0.29, 0.717) is 0 Å². The molecule has 0 radical (unpaired) electrons. The summed E-state index contributed by atoms with van der Waals surface area (Å²) >= 11 is 5.26. The zero-order valence-electron chi connectivity index (χ0n) is 29.3. The Balaban J connectivity index is 1.07. The van der Waals surface area contributed by atoms with Gasteiger partial charge in [0.15, 0.2) is 0 Å². The first-order valence-electron chi connectivity index (χ1n) is 18.2. The monoisotopic (exact) mass is 696 g/mol. The van der Waals surface area contributed by atoms with Gasteiger partial charge in [-0.25, -0.2) is 0 Å². The van der Waals surface area contributed by atoms with Crippen LogP contribution in [0, 0.1) is 0 Å². The van der Waals surface area contributed by atoms with Crippen LogP contribution in [0.2, 0.25) is 0 Å². The maximum absolute atomic E-state index is 5.26. The van der Waals surface area contributed by atoms with Gasteiger partial charge in [0, 0.05) is 33.5 Å². The maximum Gasteiger partial charge on any atom is 0.0611 e. The van der Waals surface area contributed by atoms with E-state index in [9.17, 15) is 0 Å². The van der Waals surface area contributed by atoms with Crippen LogP contribution in [0.15, 0.2) is 194 Å². The molecule has 9 aromatic rings. The van der Waals surface area contributed by atoms with Gasteiger partial charge in [0.2, 0.25) is 0 Å². The van der Waals surface area contributed by atoms with Crippen LogP contribution in [0.5, 0.6) is 0 Å². The van der Waals surface area contributed by atoms with Crippen molar-refractivity contribution in [1.82, 2.24) is 4.57 Å². The molecule has 0 spiro atoms. The molecule has 0 fully saturated rings. The zero-order valence-corrected chi connectivity index (χ0v) is 30.2. The lowest BCUT2D eigenvalue weighted by atomic mass is 9.97. The molecule has 8 aromatic carbocycles. The smallest absolute Gasteiger partial charge is 0.0611 e. The molecule has 0 saturated heterocycles. The van der Waals surface area contributed by atoms with E-state index in [1.807, 2.05) is 0 Å². The lowest BCUT2D eigenvalue weighted by Crippen LogP contribution is -2.14. The molecule has 1 aliphatic carbocycles.